The van der Waals surface area contributed by atoms with Crippen molar-refractivity contribution in [2.75, 3.05) is 13.2 Å². The van der Waals surface area contributed by atoms with Crippen LogP contribution >= 0.6 is 11.6 Å². The molecule has 1 aliphatic heterocycles. The number of halogens is 2. The Labute approximate surface area is 138 Å². The molecule has 0 aliphatic carbocycles. The van der Waals surface area contributed by atoms with Crippen molar-refractivity contribution in [2.45, 2.75) is 11.5 Å². The van der Waals surface area contributed by atoms with E-state index in [1.807, 2.05) is 0 Å². The van der Waals surface area contributed by atoms with E-state index in [0.29, 0.717) is 40.9 Å². The summed E-state index contributed by atoms with van der Waals surface area (Å²) >= 11 is 6.11. The van der Waals surface area contributed by atoms with Crippen molar-refractivity contribution in [3.8, 4) is 11.5 Å². The van der Waals surface area contributed by atoms with Gasteiger partial charge >= 0.3 is 0 Å². The summed E-state index contributed by atoms with van der Waals surface area (Å²) in [6, 6.07) is 8.73. The third-order valence-electron chi connectivity index (χ3n) is 3.32. The predicted octanol–water partition coefficient (Wildman–Crippen LogP) is 3.37. The fourth-order valence-electron chi connectivity index (χ4n) is 2.43. The summed E-state index contributed by atoms with van der Waals surface area (Å²) in [4.78, 5) is 0. The normalized spacial score (nSPS) is 13.8. The summed E-state index contributed by atoms with van der Waals surface area (Å²) < 4.78 is 48.7. The number of benzene rings is 2. The largest absolute Gasteiger partial charge is 0.486 e. The molecule has 2 aromatic rings. The maximum Gasteiger partial charge on any atom is 0.179 e. The Hall–Kier alpha value is -1.79. The number of fused-ring (bicyclic) bond motifs is 1. The van der Waals surface area contributed by atoms with Crippen LogP contribution in [0.3, 0.4) is 0 Å². The molecule has 3 rings (SSSR count). The number of ether oxygens (including phenoxy) is 2. The van der Waals surface area contributed by atoms with E-state index in [9.17, 15) is 12.8 Å². The number of sulfone groups is 1. The first-order valence-electron chi connectivity index (χ1n) is 6.96. The van der Waals surface area contributed by atoms with E-state index < -0.39 is 15.7 Å². The molecule has 7 heteroatoms. The molecular weight excluding hydrogens is 343 g/mol. The number of hydrogen-bond acceptors (Lipinski definition) is 4. The molecule has 122 valence electrons. The van der Waals surface area contributed by atoms with Gasteiger partial charge in [0.1, 0.15) is 19.0 Å². The Balaban J connectivity index is 1.82. The fourth-order valence-corrected chi connectivity index (χ4v) is 4.19. The molecule has 2 aromatic carbocycles. The van der Waals surface area contributed by atoms with Crippen LogP contribution in [0.2, 0.25) is 5.02 Å². The van der Waals surface area contributed by atoms with Gasteiger partial charge in [0.15, 0.2) is 21.3 Å². The molecule has 0 spiro atoms. The highest BCUT2D eigenvalue weighted by atomic mass is 35.5. The van der Waals surface area contributed by atoms with Gasteiger partial charge in [-0.2, -0.15) is 0 Å². The quantitative estimate of drug-likeness (QED) is 0.842. The summed E-state index contributed by atoms with van der Waals surface area (Å²) in [6.07, 6.45) is 0. The van der Waals surface area contributed by atoms with Crippen molar-refractivity contribution in [3.05, 3.63) is 58.4 Å². The van der Waals surface area contributed by atoms with Crippen molar-refractivity contribution in [1.82, 2.24) is 0 Å². The molecule has 1 heterocycles. The predicted molar refractivity (Wildman–Crippen MR) is 85.2 cm³/mol. The van der Waals surface area contributed by atoms with Crippen molar-refractivity contribution in [1.29, 1.82) is 0 Å². The second-order valence-corrected chi connectivity index (χ2v) is 7.74. The lowest BCUT2D eigenvalue weighted by Gasteiger charge is -2.20. The lowest BCUT2D eigenvalue weighted by molar-refractivity contribution is 0.171. The van der Waals surface area contributed by atoms with Gasteiger partial charge in [0.05, 0.1) is 16.5 Å². The topological polar surface area (TPSA) is 52.6 Å². The molecule has 1 aliphatic rings. The number of hydrogen-bond donors (Lipinski definition) is 0. The fraction of sp³-hybridized carbons (Fsp3) is 0.250. The van der Waals surface area contributed by atoms with Crippen molar-refractivity contribution >= 4 is 21.4 Å². The van der Waals surface area contributed by atoms with Crippen LogP contribution in [0, 0.1) is 5.82 Å². The van der Waals surface area contributed by atoms with Gasteiger partial charge in [-0.1, -0.05) is 23.7 Å². The summed E-state index contributed by atoms with van der Waals surface area (Å²) in [6.45, 7) is 0.798. The zero-order chi connectivity index (χ0) is 16.4. The minimum atomic E-state index is -3.47. The molecule has 0 N–H and O–H groups in total. The van der Waals surface area contributed by atoms with Gasteiger partial charge in [0, 0.05) is 0 Å². The van der Waals surface area contributed by atoms with Crippen LogP contribution in [-0.2, 0) is 21.3 Å². The average Bonchev–Trinajstić information content (AvgIpc) is 2.46. The van der Waals surface area contributed by atoms with Crippen LogP contribution in [0.25, 0.3) is 0 Å². The highest BCUT2D eigenvalue weighted by molar-refractivity contribution is 7.89. The summed E-state index contributed by atoms with van der Waals surface area (Å²) in [5.41, 5.74) is 0.921. The monoisotopic (exact) mass is 356 g/mol. The molecule has 0 saturated heterocycles. The Morgan fingerprint density at radius 1 is 1.04 bits per heavy atom. The first-order chi connectivity index (χ1) is 10.9. The van der Waals surface area contributed by atoms with E-state index in [4.69, 9.17) is 21.1 Å². The summed E-state index contributed by atoms with van der Waals surface area (Å²) in [5.74, 6) is -0.0274. The Morgan fingerprint density at radius 3 is 2.57 bits per heavy atom. The SMILES string of the molecule is O=S(=O)(Cc1cccc(F)c1)Cc1cc(Cl)c2c(c1)OCCO2. The molecule has 0 amide bonds. The van der Waals surface area contributed by atoms with Crippen LogP contribution in [0.1, 0.15) is 11.1 Å². The molecule has 0 unspecified atom stereocenters. The lowest BCUT2D eigenvalue weighted by atomic mass is 10.2. The van der Waals surface area contributed by atoms with Gasteiger partial charge in [0.25, 0.3) is 0 Å². The zero-order valence-electron chi connectivity index (χ0n) is 12.1. The van der Waals surface area contributed by atoms with Gasteiger partial charge in [0.2, 0.25) is 0 Å². The average molecular weight is 357 g/mol. The molecule has 0 saturated carbocycles. The second-order valence-electron chi connectivity index (χ2n) is 5.26. The third-order valence-corrected chi connectivity index (χ3v) is 5.15. The smallest absolute Gasteiger partial charge is 0.179 e. The van der Waals surface area contributed by atoms with Crippen LogP contribution < -0.4 is 9.47 Å². The Kier molecular flexibility index (Phi) is 4.46. The van der Waals surface area contributed by atoms with E-state index in [1.54, 1.807) is 18.2 Å². The van der Waals surface area contributed by atoms with Gasteiger partial charge in [-0.3, -0.25) is 0 Å². The first kappa shape index (κ1) is 16.1. The van der Waals surface area contributed by atoms with Crippen LogP contribution in [-0.4, -0.2) is 21.6 Å². The van der Waals surface area contributed by atoms with E-state index in [1.165, 1.54) is 18.2 Å². The molecule has 23 heavy (non-hydrogen) atoms. The third kappa shape index (κ3) is 3.95. The first-order valence-corrected chi connectivity index (χ1v) is 9.16. The molecule has 0 fully saturated rings. The Bertz CT molecular complexity index is 836. The van der Waals surface area contributed by atoms with Crippen LogP contribution in [0.15, 0.2) is 36.4 Å². The highest BCUT2D eigenvalue weighted by Crippen LogP contribution is 2.38. The van der Waals surface area contributed by atoms with Crippen LogP contribution in [0.4, 0.5) is 4.39 Å². The van der Waals surface area contributed by atoms with E-state index in [2.05, 4.69) is 0 Å². The van der Waals surface area contributed by atoms with E-state index in [0.717, 1.165) is 0 Å². The summed E-state index contributed by atoms with van der Waals surface area (Å²) in [7, 11) is -3.47. The van der Waals surface area contributed by atoms with E-state index >= 15 is 0 Å². The standard InChI is InChI=1S/C16H14ClFO4S/c17-14-7-12(8-15-16(14)22-5-4-21-15)10-23(19,20)9-11-2-1-3-13(18)6-11/h1-3,6-8H,4-5,9-10H2. The maximum absolute atomic E-state index is 13.2. The molecule has 4 nitrogen and oxygen atoms in total. The highest BCUT2D eigenvalue weighted by Gasteiger charge is 2.20. The minimum absolute atomic E-state index is 0.208. The van der Waals surface area contributed by atoms with E-state index in [-0.39, 0.29) is 11.5 Å². The molecule has 0 aromatic heterocycles. The maximum atomic E-state index is 13.2. The van der Waals surface area contributed by atoms with Gasteiger partial charge in [-0.15, -0.1) is 0 Å². The van der Waals surface area contributed by atoms with Gasteiger partial charge < -0.3 is 9.47 Å². The van der Waals surface area contributed by atoms with Gasteiger partial charge in [-0.25, -0.2) is 12.8 Å². The van der Waals surface area contributed by atoms with Crippen molar-refractivity contribution < 1.29 is 22.3 Å². The van der Waals surface area contributed by atoms with Gasteiger partial charge in [-0.05, 0) is 35.4 Å². The van der Waals surface area contributed by atoms with Crippen LogP contribution in [0.5, 0.6) is 11.5 Å². The minimum Gasteiger partial charge on any atom is -0.486 e. The second kappa shape index (κ2) is 6.37. The molecule has 0 atom stereocenters. The van der Waals surface area contributed by atoms with Crippen molar-refractivity contribution in [2.24, 2.45) is 0 Å². The zero-order valence-corrected chi connectivity index (χ0v) is 13.7. The van der Waals surface area contributed by atoms with Crippen molar-refractivity contribution in [3.63, 3.8) is 0 Å². The molecule has 0 radical (unpaired) electrons. The lowest BCUT2D eigenvalue weighted by Crippen LogP contribution is -2.16. The number of rotatable bonds is 4. The Morgan fingerprint density at radius 2 is 1.78 bits per heavy atom. The summed E-state index contributed by atoms with van der Waals surface area (Å²) in [5, 5.41) is 0.318. The molecule has 0 bridgehead atoms. The molecular formula is C16H14ClFO4S.